The van der Waals surface area contributed by atoms with Crippen LogP contribution in [0.1, 0.15) is 32.1 Å². The molecule has 0 aromatic heterocycles. The van der Waals surface area contributed by atoms with E-state index in [0.717, 1.165) is 45.2 Å². The molecule has 0 aromatic carbocycles. The summed E-state index contributed by atoms with van der Waals surface area (Å²) in [6.45, 7) is 2.47. The van der Waals surface area contributed by atoms with Crippen molar-refractivity contribution in [2.75, 3.05) is 33.3 Å². The molecule has 1 heterocycles. The molecule has 1 aliphatic heterocycles. The second-order valence-corrected chi connectivity index (χ2v) is 5.77. The van der Waals surface area contributed by atoms with Crippen molar-refractivity contribution >= 4 is 5.91 Å². The van der Waals surface area contributed by atoms with E-state index >= 15 is 0 Å². The molecule has 104 valence electrons. The highest BCUT2D eigenvalue weighted by Gasteiger charge is 2.44. The zero-order valence-corrected chi connectivity index (χ0v) is 11.3. The van der Waals surface area contributed by atoms with Crippen LogP contribution in [0.5, 0.6) is 0 Å². The Balaban J connectivity index is 2.00. The van der Waals surface area contributed by atoms with Crippen molar-refractivity contribution < 1.29 is 9.90 Å². The van der Waals surface area contributed by atoms with Crippen LogP contribution in [0.3, 0.4) is 0 Å². The second-order valence-electron chi connectivity index (χ2n) is 5.77. The van der Waals surface area contributed by atoms with Crippen molar-refractivity contribution in [1.82, 2.24) is 9.80 Å². The van der Waals surface area contributed by atoms with Crippen LogP contribution >= 0.6 is 0 Å². The second kappa shape index (κ2) is 5.55. The zero-order chi connectivity index (χ0) is 13.2. The Morgan fingerprint density at radius 2 is 2.06 bits per heavy atom. The van der Waals surface area contributed by atoms with Crippen molar-refractivity contribution in [1.29, 1.82) is 0 Å². The maximum Gasteiger partial charge on any atom is 0.242 e. The first-order valence-corrected chi connectivity index (χ1v) is 6.96. The normalized spacial score (nSPS) is 24.6. The number of aliphatic hydroxyl groups excluding tert-OH is 1. The number of rotatable bonds is 4. The van der Waals surface area contributed by atoms with Gasteiger partial charge in [0.2, 0.25) is 5.91 Å². The van der Waals surface area contributed by atoms with E-state index in [4.69, 9.17) is 5.73 Å². The Bertz CT molecular complexity index is 297. The van der Waals surface area contributed by atoms with Gasteiger partial charge in [0.1, 0.15) is 0 Å². The topological polar surface area (TPSA) is 69.8 Å². The Morgan fingerprint density at radius 1 is 1.44 bits per heavy atom. The van der Waals surface area contributed by atoms with Crippen molar-refractivity contribution in [3.63, 3.8) is 0 Å². The predicted molar refractivity (Wildman–Crippen MR) is 70.1 cm³/mol. The summed E-state index contributed by atoms with van der Waals surface area (Å²) in [5, 5.41) is 9.18. The van der Waals surface area contributed by atoms with Gasteiger partial charge in [-0.05, 0) is 52.2 Å². The number of carbonyl (C=O) groups excluding carboxylic acids is 1. The Kier molecular flexibility index (Phi) is 4.25. The summed E-state index contributed by atoms with van der Waals surface area (Å²) in [6, 6.07) is 0.252. The number of piperidine rings is 1. The molecule has 0 spiro atoms. The average Bonchev–Trinajstić information content (AvgIpc) is 2.33. The molecular formula is C13H25N3O2. The molecule has 0 atom stereocenters. The summed E-state index contributed by atoms with van der Waals surface area (Å²) in [5.74, 6) is 0.0531. The lowest BCUT2D eigenvalue weighted by atomic mass is 9.76. The van der Waals surface area contributed by atoms with Gasteiger partial charge in [-0.25, -0.2) is 0 Å². The fraction of sp³-hybridized carbons (Fsp3) is 0.923. The first-order chi connectivity index (χ1) is 8.57. The summed E-state index contributed by atoms with van der Waals surface area (Å²) in [6.07, 6.45) is 4.60. The minimum atomic E-state index is -0.640. The summed E-state index contributed by atoms with van der Waals surface area (Å²) < 4.78 is 0. The van der Waals surface area contributed by atoms with Crippen LogP contribution in [0.2, 0.25) is 0 Å². The molecule has 2 rings (SSSR count). The van der Waals surface area contributed by atoms with Crippen LogP contribution in [0.25, 0.3) is 0 Å². The van der Waals surface area contributed by atoms with E-state index in [1.807, 2.05) is 4.90 Å². The molecule has 0 unspecified atom stereocenters. The number of hydrogen-bond donors (Lipinski definition) is 2. The Labute approximate surface area is 109 Å². The van der Waals surface area contributed by atoms with Gasteiger partial charge >= 0.3 is 0 Å². The first kappa shape index (κ1) is 13.8. The lowest BCUT2D eigenvalue weighted by Crippen LogP contribution is -2.62. The van der Waals surface area contributed by atoms with Crippen molar-refractivity contribution in [2.45, 2.75) is 43.7 Å². The molecule has 2 aliphatic rings. The van der Waals surface area contributed by atoms with Gasteiger partial charge in [-0.1, -0.05) is 0 Å². The summed E-state index contributed by atoms with van der Waals surface area (Å²) in [4.78, 5) is 16.6. The first-order valence-electron chi connectivity index (χ1n) is 6.96. The molecule has 0 aromatic rings. The highest BCUT2D eigenvalue weighted by Crippen LogP contribution is 2.32. The molecule has 5 nitrogen and oxygen atoms in total. The maximum absolute atomic E-state index is 12.5. The minimum Gasteiger partial charge on any atom is -0.395 e. The lowest BCUT2D eigenvalue weighted by molar-refractivity contribution is -0.144. The van der Waals surface area contributed by atoms with Crippen LogP contribution in [-0.4, -0.2) is 65.7 Å². The summed E-state index contributed by atoms with van der Waals surface area (Å²) in [7, 11) is 2.10. The molecule has 0 radical (unpaired) electrons. The van der Waals surface area contributed by atoms with Gasteiger partial charge in [-0.15, -0.1) is 0 Å². The molecule has 1 saturated heterocycles. The highest BCUT2D eigenvalue weighted by atomic mass is 16.3. The summed E-state index contributed by atoms with van der Waals surface area (Å²) >= 11 is 0. The SMILES string of the molecule is CN1CCC(N(CCO)C(=O)C2(N)CCC2)CC1. The fourth-order valence-electron chi connectivity index (χ4n) is 2.92. The van der Waals surface area contributed by atoms with Crippen molar-refractivity contribution in [2.24, 2.45) is 5.73 Å². The molecule has 18 heavy (non-hydrogen) atoms. The third-order valence-corrected chi connectivity index (χ3v) is 4.40. The lowest BCUT2D eigenvalue weighted by Gasteiger charge is -2.44. The van der Waals surface area contributed by atoms with Crippen LogP contribution in [-0.2, 0) is 4.79 Å². The standard InChI is InChI=1S/C13H25N3O2/c1-15-7-3-11(4-8-15)16(9-10-17)12(18)13(14)5-2-6-13/h11,17H,2-10,14H2,1H3. The van der Waals surface area contributed by atoms with E-state index in [1.54, 1.807) is 0 Å². The molecule has 2 fully saturated rings. The zero-order valence-electron chi connectivity index (χ0n) is 11.3. The number of hydrogen-bond acceptors (Lipinski definition) is 4. The van der Waals surface area contributed by atoms with Crippen LogP contribution in [0, 0.1) is 0 Å². The third kappa shape index (κ3) is 2.68. The van der Waals surface area contributed by atoms with E-state index in [-0.39, 0.29) is 18.6 Å². The number of aliphatic hydroxyl groups is 1. The molecular weight excluding hydrogens is 230 g/mol. The Morgan fingerprint density at radius 3 is 2.50 bits per heavy atom. The van der Waals surface area contributed by atoms with Gasteiger partial charge in [0.05, 0.1) is 12.1 Å². The Hall–Kier alpha value is -0.650. The smallest absolute Gasteiger partial charge is 0.242 e. The van der Waals surface area contributed by atoms with Crippen LogP contribution in [0.4, 0.5) is 0 Å². The van der Waals surface area contributed by atoms with E-state index in [9.17, 15) is 9.90 Å². The molecule has 3 N–H and O–H groups in total. The number of amides is 1. The monoisotopic (exact) mass is 255 g/mol. The number of carbonyl (C=O) groups is 1. The number of nitrogens with zero attached hydrogens (tertiary/aromatic N) is 2. The third-order valence-electron chi connectivity index (χ3n) is 4.40. The summed E-state index contributed by atoms with van der Waals surface area (Å²) in [5.41, 5.74) is 5.49. The largest absolute Gasteiger partial charge is 0.395 e. The minimum absolute atomic E-state index is 0.0220. The maximum atomic E-state index is 12.5. The molecule has 1 saturated carbocycles. The van der Waals surface area contributed by atoms with Gasteiger partial charge < -0.3 is 20.6 Å². The van der Waals surface area contributed by atoms with Crippen LogP contribution in [0.15, 0.2) is 0 Å². The quantitative estimate of drug-likeness (QED) is 0.729. The number of nitrogens with two attached hydrogens (primary N) is 1. The van der Waals surface area contributed by atoms with Gasteiger partial charge in [0, 0.05) is 12.6 Å². The van der Waals surface area contributed by atoms with Crippen LogP contribution < -0.4 is 5.73 Å². The fourth-order valence-corrected chi connectivity index (χ4v) is 2.92. The average molecular weight is 255 g/mol. The van der Waals surface area contributed by atoms with Crippen molar-refractivity contribution in [3.8, 4) is 0 Å². The predicted octanol–water partition coefficient (Wildman–Crippen LogP) is -0.217. The van der Waals surface area contributed by atoms with E-state index in [2.05, 4.69) is 11.9 Å². The molecule has 1 amide bonds. The van der Waals surface area contributed by atoms with Gasteiger partial charge in [0.15, 0.2) is 0 Å². The van der Waals surface area contributed by atoms with E-state index in [0.29, 0.717) is 6.54 Å². The van der Waals surface area contributed by atoms with Gasteiger partial charge in [0.25, 0.3) is 0 Å². The molecule has 5 heteroatoms. The van der Waals surface area contributed by atoms with Gasteiger partial charge in [-0.3, -0.25) is 4.79 Å². The molecule has 0 bridgehead atoms. The highest BCUT2D eigenvalue weighted by molar-refractivity contribution is 5.87. The van der Waals surface area contributed by atoms with E-state index < -0.39 is 5.54 Å². The van der Waals surface area contributed by atoms with Crippen molar-refractivity contribution in [3.05, 3.63) is 0 Å². The molecule has 1 aliphatic carbocycles. The van der Waals surface area contributed by atoms with Gasteiger partial charge in [-0.2, -0.15) is 0 Å². The van der Waals surface area contributed by atoms with E-state index in [1.165, 1.54) is 0 Å². The number of likely N-dealkylation sites (tertiary alicyclic amines) is 1.